The smallest absolute Gasteiger partial charge is 0.319 e. The van der Waals surface area contributed by atoms with Crippen molar-refractivity contribution in [3.63, 3.8) is 0 Å². The fourth-order valence-corrected chi connectivity index (χ4v) is 5.52. The van der Waals surface area contributed by atoms with Crippen molar-refractivity contribution in [2.24, 2.45) is 23.2 Å². The second-order valence-electron chi connectivity index (χ2n) is 7.74. The van der Waals surface area contributed by atoms with Gasteiger partial charge in [-0.3, -0.25) is 0 Å². The molecule has 2 amide bonds. The van der Waals surface area contributed by atoms with Crippen molar-refractivity contribution in [2.45, 2.75) is 38.5 Å². The van der Waals surface area contributed by atoms with E-state index in [1.165, 1.54) is 50.7 Å². The summed E-state index contributed by atoms with van der Waals surface area (Å²) in [5.74, 6) is 2.33. The maximum Gasteiger partial charge on any atom is 0.319 e. The van der Waals surface area contributed by atoms with Crippen molar-refractivity contribution >= 4 is 11.7 Å². The number of urea groups is 1. The zero-order valence-corrected chi connectivity index (χ0v) is 12.8. The summed E-state index contributed by atoms with van der Waals surface area (Å²) >= 11 is 0. The lowest BCUT2D eigenvalue weighted by Gasteiger charge is -2.56. The molecule has 4 aliphatic rings. The molecule has 0 spiro atoms. The zero-order chi connectivity index (χ0) is 15.2. The highest BCUT2D eigenvalue weighted by Gasteiger charge is 2.50. The number of anilines is 1. The SMILES string of the molecule is O=C(NCC12CC3CC(CC(C3)C1)C2)Nc1cccc(F)c1. The molecule has 4 fully saturated rings. The third-order valence-corrected chi connectivity index (χ3v) is 5.87. The molecule has 4 bridgehead atoms. The first-order valence-electron chi connectivity index (χ1n) is 8.41. The third-order valence-electron chi connectivity index (χ3n) is 5.87. The van der Waals surface area contributed by atoms with Crippen LogP contribution in [0, 0.1) is 29.0 Å². The molecule has 3 nitrogen and oxygen atoms in total. The highest BCUT2D eigenvalue weighted by atomic mass is 19.1. The van der Waals surface area contributed by atoms with Crippen LogP contribution in [0.15, 0.2) is 24.3 Å². The van der Waals surface area contributed by atoms with Gasteiger partial charge in [0.25, 0.3) is 0 Å². The number of nitrogens with one attached hydrogen (secondary N) is 2. The van der Waals surface area contributed by atoms with Gasteiger partial charge in [0, 0.05) is 12.2 Å². The van der Waals surface area contributed by atoms with Crippen LogP contribution >= 0.6 is 0 Å². The zero-order valence-electron chi connectivity index (χ0n) is 12.8. The van der Waals surface area contributed by atoms with Gasteiger partial charge in [0.05, 0.1) is 0 Å². The number of benzene rings is 1. The van der Waals surface area contributed by atoms with Crippen LogP contribution in [0.25, 0.3) is 0 Å². The molecule has 0 aromatic heterocycles. The summed E-state index contributed by atoms with van der Waals surface area (Å²) in [6, 6.07) is 5.79. The van der Waals surface area contributed by atoms with E-state index in [1.807, 2.05) is 0 Å². The summed E-state index contributed by atoms with van der Waals surface area (Å²) in [6.07, 6.45) is 8.07. The van der Waals surface area contributed by atoms with Gasteiger partial charge in [-0.1, -0.05) is 6.07 Å². The lowest BCUT2D eigenvalue weighted by Crippen LogP contribution is -2.51. The van der Waals surface area contributed by atoms with Crippen LogP contribution in [0.3, 0.4) is 0 Å². The highest BCUT2D eigenvalue weighted by molar-refractivity contribution is 5.89. The van der Waals surface area contributed by atoms with Gasteiger partial charge in [0.2, 0.25) is 0 Å². The quantitative estimate of drug-likeness (QED) is 0.864. The summed E-state index contributed by atoms with van der Waals surface area (Å²) in [5.41, 5.74) is 0.830. The molecule has 22 heavy (non-hydrogen) atoms. The molecule has 1 aromatic rings. The minimum absolute atomic E-state index is 0.221. The summed E-state index contributed by atoms with van der Waals surface area (Å²) in [5, 5.41) is 5.76. The van der Waals surface area contributed by atoms with Gasteiger partial charge < -0.3 is 10.6 Å². The molecule has 0 aliphatic heterocycles. The molecule has 4 saturated carbocycles. The number of carbonyl (C=O) groups is 1. The Morgan fingerprint density at radius 2 is 1.77 bits per heavy atom. The third kappa shape index (κ3) is 2.71. The largest absolute Gasteiger partial charge is 0.337 e. The molecule has 0 heterocycles. The monoisotopic (exact) mass is 302 g/mol. The van der Waals surface area contributed by atoms with Gasteiger partial charge >= 0.3 is 6.03 Å². The fraction of sp³-hybridized carbons (Fsp3) is 0.611. The second-order valence-corrected chi connectivity index (χ2v) is 7.74. The normalized spacial score (nSPS) is 35.4. The van der Waals surface area contributed by atoms with Gasteiger partial charge in [-0.2, -0.15) is 0 Å². The first-order chi connectivity index (χ1) is 10.6. The van der Waals surface area contributed by atoms with Crippen molar-refractivity contribution in [1.82, 2.24) is 5.32 Å². The topological polar surface area (TPSA) is 41.1 Å². The number of hydrogen-bond acceptors (Lipinski definition) is 1. The molecule has 4 aliphatic carbocycles. The standard InChI is InChI=1S/C18H23FN2O/c19-15-2-1-3-16(7-15)21-17(22)20-11-18-8-12-4-13(9-18)6-14(5-12)10-18/h1-3,7,12-14H,4-6,8-11H2,(H2,20,21,22). The van der Waals surface area contributed by atoms with Crippen LogP contribution in [0.1, 0.15) is 38.5 Å². The molecule has 0 unspecified atom stereocenters. The highest BCUT2D eigenvalue weighted by Crippen LogP contribution is 2.59. The first-order valence-corrected chi connectivity index (χ1v) is 8.41. The van der Waals surface area contributed by atoms with E-state index in [9.17, 15) is 9.18 Å². The molecule has 2 N–H and O–H groups in total. The van der Waals surface area contributed by atoms with Gasteiger partial charge in [-0.25, -0.2) is 9.18 Å². The molecule has 0 saturated heterocycles. The lowest BCUT2D eigenvalue weighted by atomic mass is 9.49. The van der Waals surface area contributed by atoms with E-state index >= 15 is 0 Å². The van der Waals surface area contributed by atoms with E-state index < -0.39 is 0 Å². The predicted molar refractivity (Wildman–Crippen MR) is 84.0 cm³/mol. The second kappa shape index (κ2) is 5.25. The lowest BCUT2D eigenvalue weighted by molar-refractivity contribution is -0.0496. The van der Waals surface area contributed by atoms with Crippen LogP contribution in [0.2, 0.25) is 0 Å². The summed E-state index contributed by atoms with van der Waals surface area (Å²) in [4.78, 5) is 12.1. The van der Waals surface area contributed by atoms with Crippen LogP contribution in [0.4, 0.5) is 14.9 Å². The molecule has 0 atom stereocenters. The summed E-state index contributed by atoms with van der Waals surface area (Å²) in [6.45, 7) is 0.762. The van der Waals surface area contributed by atoms with Gasteiger partial charge in [-0.15, -0.1) is 0 Å². The van der Waals surface area contributed by atoms with Crippen LogP contribution in [0.5, 0.6) is 0 Å². The van der Waals surface area contributed by atoms with Crippen molar-refractivity contribution in [3.8, 4) is 0 Å². The van der Waals surface area contributed by atoms with E-state index in [0.29, 0.717) is 11.1 Å². The summed E-state index contributed by atoms with van der Waals surface area (Å²) in [7, 11) is 0. The predicted octanol–water partition coefficient (Wildman–Crippen LogP) is 4.16. The average Bonchev–Trinajstić information content (AvgIpc) is 2.44. The molecule has 5 rings (SSSR count). The Morgan fingerprint density at radius 1 is 1.14 bits per heavy atom. The van der Waals surface area contributed by atoms with Gasteiger partial charge in [0.1, 0.15) is 5.82 Å². The number of amides is 2. The summed E-state index contributed by atoms with van der Waals surface area (Å²) < 4.78 is 13.1. The van der Waals surface area contributed by atoms with Crippen molar-refractivity contribution in [1.29, 1.82) is 0 Å². The Labute approximate surface area is 130 Å². The molecular weight excluding hydrogens is 279 g/mol. The van der Waals surface area contributed by atoms with Gasteiger partial charge in [0.15, 0.2) is 0 Å². The minimum Gasteiger partial charge on any atom is -0.337 e. The molecule has 4 heteroatoms. The Morgan fingerprint density at radius 3 is 2.36 bits per heavy atom. The van der Waals surface area contributed by atoms with Crippen molar-refractivity contribution < 1.29 is 9.18 Å². The minimum atomic E-state index is -0.334. The van der Waals surface area contributed by atoms with E-state index in [-0.39, 0.29) is 11.8 Å². The first kappa shape index (κ1) is 14.0. The van der Waals surface area contributed by atoms with Crippen LogP contribution in [-0.2, 0) is 0 Å². The maximum absolute atomic E-state index is 13.1. The molecule has 0 radical (unpaired) electrons. The Kier molecular flexibility index (Phi) is 3.35. The van der Waals surface area contributed by atoms with E-state index in [4.69, 9.17) is 0 Å². The fourth-order valence-electron chi connectivity index (χ4n) is 5.52. The van der Waals surface area contributed by atoms with Gasteiger partial charge in [-0.05, 0) is 79.9 Å². The van der Waals surface area contributed by atoms with Crippen LogP contribution < -0.4 is 10.6 Å². The van der Waals surface area contributed by atoms with E-state index in [0.717, 1.165) is 24.3 Å². The Balaban J connectivity index is 1.35. The van der Waals surface area contributed by atoms with Crippen LogP contribution in [-0.4, -0.2) is 12.6 Å². The van der Waals surface area contributed by atoms with Crippen molar-refractivity contribution in [3.05, 3.63) is 30.1 Å². The molecular formula is C18H23FN2O. The van der Waals surface area contributed by atoms with E-state index in [2.05, 4.69) is 10.6 Å². The molecule has 1 aromatic carbocycles. The number of hydrogen-bond donors (Lipinski definition) is 2. The number of carbonyl (C=O) groups excluding carboxylic acids is 1. The Bertz CT molecular complexity index is 551. The number of rotatable bonds is 3. The number of halogens is 1. The maximum atomic E-state index is 13.1. The Hall–Kier alpha value is -1.58. The molecule has 118 valence electrons. The van der Waals surface area contributed by atoms with Crippen molar-refractivity contribution in [2.75, 3.05) is 11.9 Å². The average molecular weight is 302 g/mol. The van der Waals surface area contributed by atoms with E-state index in [1.54, 1.807) is 12.1 Å².